The van der Waals surface area contributed by atoms with Gasteiger partial charge in [-0.1, -0.05) is 24.6 Å². The fourth-order valence-corrected chi connectivity index (χ4v) is 2.55. The third-order valence-electron chi connectivity index (χ3n) is 3.82. The van der Waals surface area contributed by atoms with Crippen molar-refractivity contribution in [3.63, 3.8) is 0 Å². The average molecular weight is 290 g/mol. The second-order valence-corrected chi connectivity index (χ2v) is 5.75. The summed E-state index contributed by atoms with van der Waals surface area (Å²) in [5.74, 6) is -0.386. The van der Waals surface area contributed by atoms with Gasteiger partial charge in [-0.3, -0.25) is 9.69 Å². The minimum absolute atomic E-state index is 0.0526. The van der Waals surface area contributed by atoms with Gasteiger partial charge in [-0.05, 0) is 31.4 Å². The van der Waals surface area contributed by atoms with E-state index in [1.165, 1.54) is 0 Å². The summed E-state index contributed by atoms with van der Waals surface area (Å²) in [5, 5.41) is 8.89. The molecule has 1 aromatic carbocycles. The number of carbonyl (C=O) groups is 2. The lowest BCUT2D eigenvalue weighted by atomic mass is 10.2. The molecular formula is C16H22N2O3. The number of amides is 2. The van der Waals surface area contributed by atoms with E-state index in [-0.39, 0.29) is 19.0 Å². The normalized spacial score (nSPS) is 17.8. The summed E-state index contributed by atoms with van der Waals surface area (Å²) in [7, 11) is 0. The number of likely N-dealkylation sites (tertiary alicyclic amines) is 1. The molecule has 0 saturated carbocycles. The molecule has 1 N–H and O–H groups in total. The fraction of sp³-hybridized carbons (Fsp3) is 0.500. The van der Waals surface area contributed by atoms with E-state index in [1.54, 1.807) is 4.90 Å². The van der Waals surface area contributed by atoms with E-state index < -0.39 is 5.97 Å². The van der Waals surface area contributed by atoms with Gasteiger partial charge in [-0.2, -0.15) is 0 Å². The van der Waals surface area contributed by atoms with Gasteiger partial charge in [0.15, 0.2) is 0 Å². The molecule has 1 aromatic rings. The molecule has 1 aliphatic rings. The minimum Gasteiger partial charge on any atom is -0.481 e. The molecule has 21 heavy (non-hydrogen) atoms. The number of carboxylic acid groups (broad SMARTS) is 1. The molecule has 0 aromatic heterocycles. The van der Waals surface area contributed by atoms with Gasteiger partial charge in [-0.15, -0.1) is 0 Å². The van der Waals surface area contributed by atoms with Gasteiger partial charge in [-0.25, -0.2) is 4.79 Å². The average Bonchev–Trinajstić information content (AvgIpc) is 2.87. The minimum atomic E-state index is -0.894. The van der Waals surface area contributed by atoms with Crippen molar-refractivity contribution in [3.05, 3.63) is 29.8 Å². The molecule has 5 heteroatoms. The lowest BCUT2D eigenvalue weighted by molar-refractivity contribution is -0.136. The Hall–Kier alpha value is -2.04. The first-order valence-electron chi connectivity index (χ1n) is 7.32. The summed E-state index contributed by atoms with van der Waals surface area (Å²) in [6, 6.07) is 7.51. The molecule has 0 aliphatic carbocycles. The van der Waals surface area contributed by atoms with Crippen molar-refractivity contribution in [2.24, 2.45) is 5.92 Å². The molecule has 1 heterocycles. The summed E-state index contributed by atoms with van der Waals surface area (Å²) < 4.78 is 0. The molecule has 1 unspecified atom stereocenters. The van der Waals surface area contributed by atoms with Crippen molar-refractivity contribution in [1.82, 2.24) is 4.90 Å². The second kappa shape index (κ2) is 6.61. The van der Waals surface area contributed by atoms with Gasteiger partial charge in [0.2, 0.25) is 0 Å². The first-order chi connectivity index (χ1) is 9.97. The molecule has 1 fully saturated rings. The van der Waals surface area contributed by atoms with Gasteiger partial charge in [0.05, 0.1) is 6.42 Å². The van der Waals surface area contributed by atoms with Gasteiger partial charge < -0.3 is 10.0 Å². The number of carboxylic acids is 1. The highest BCUT2D eigenvalue weighted by Gasteiger charge is 2.28. The highest BCUT2D eigenvalue weighted by molar-refractivity contribution is 5.92. The van der Waals surface area contributed by atoms with Gasteiger partial charge >= 0.3 is 12.0 Å². The monoisotopic (exact) mass is 290 g/mol. The molecule has 2 amide bonds. The standard InChI is InChI=1S/C16H22N2O3/c1-12-3-5-14(6-4-12)18(10-8-15(19)20)16(21)17-9-7-13(2)11-17/h3-6,13H,7-11H2,1-2H3,(H,19,20). The van der Waals surface area contributed by atoms with E-state index in [9.17, 15) is 9.59 Å². The fourth-order valence-electron chi connectivity index (χ4n) is 2.55. The smallest absolute Gasteiger partial charge is 0.324 e. The predicted molar refractivity (Wildman–Crippen MR) is 81.5 cm³/mol. The SMILES string of the molecule is Cc1ccc(N(CCC(=O)O)C(=O)N2CCC(C)C2)cc1. The van der Waals surface area contributed by atoms with Crippen LogP contribution in [0.15, 0.2) is 24.3 Å². The third-order valence-corrected chi connectivity index (χ3v) is 3.82. The summed E-state index contributed by atoms with van der Waals surface area (Å²) >= 11 is 0. The largest absolute Gasteiger partial charge is 0.481 e. The molecule has 5 nitrogen and oxygen atoms in total. The molecule has 114 valence electrons. The molecule has 0 radical (unpaired) electrons. The Bertz CT molecular complexity index is 513. The lowest BCUT2D eigenvalue weighted by Gasteiger charge is -2.28. The first kappa shape index (κ1) is 15.4. The van der Waals surface area contributed by atoms with E-state index >= 15 is 0 Å². The Morgan fingerprint density at radius 3 is 2.52 bits per heavy atom. The van der Waals surface area contributed by atoms with Crippen LogP contribution in [0.25, 0.3) is 0 Å². The molecule has 1 saturated heterocycles. The quantitative estimate of drug-likeness (QED) is 0.927. The van der Waals surface area contributed by atoms with E-state index in [0.29, 0.717) is 5.92 Å². The van der Waals surface area contributed by atoms with Gasteiger partial charge in [0.25, 0.3) is 0 Å². The van der Waals surface area contributed by atoms with Crippen molar-refractivity contribution in [1.29, 1.82) is 0 Å². The zero-order valence-electron chi connectivity index (χ0n) is 12.6. The maximum absolute atomic E-state index is 12.6. The second-order valence-electron chi connectivity index (χ2n) is 5.75. The molecule has 0 bridgehead atoms. The molecular weight excluding hydrogens is 268 g/mol. The van der Waals surface area contributed by atoms with Crippen LogP contribution >= 0.6 is 0 Å². The van der Waals surface area contributed by atoms with Crippen LogP contribution in [0, 0.1) is 12.8 Å². The number of urea groups is 1. The Morgan fingerprint density at radius 2 is 2.00 bits per heavy atom. The Balaban J connectivity index is 2.16. The lowest BCUT2D eigenvalue weighted by Crippen LogP contribution is -2.43. The van der Waals surface area contributed by atoms with Crippen LogP contribution in [0.3, 0.4) is 0 Å². The zero-order valence-corrected chi connectivity index (χ0v) is 12.6. The highest BCUT2D eigenvalue weighted by Crippen LogP contribution is 2.21. The summed E-state index contributed by atoms with van der Waals surface area (Å²) in [6.45, 7) is 5.79. The molecule has 0 spiro atoms. The number of aliphatic carboxylic acids is 1. The molecule has 1 atom stereocenters. The predicted octanol–water partition coefficient (Wildman–Crippen LogP) is 2.74. The number of aryl methyl sites for hydroxylation is 1. The first-order valence-corrected chi connectivity index (χ1v) is 7.32. The zero-order chi connectivity index (χ0) is 15.4. The van der Waals surface area contributed by atoms with E-state index in [4.69, 9.17) is 5.11 Å². The van der Waals surface area contributed by atoms with E-state index in [2.05, 4.69) is 6.92 Å². The Labute approximate surface area is 125 Å². The van der Waals surface area contributed by atoms with Crippen LogP contribution < -0.4 is 4.90 Å². The number of rotatable bonds is 4. The van der Waals surface area contributed by atoms with Crippen LogP contribution in [0.2, 0.25) is 0 Å². The van der Waals surface area contributed by atoms with Crippen LogP contribution in [-0.4, -0.2) is 41.6 Å². The Kier molecular flexibility index (Phi) is 4.83. The maximum atomic E-state index is 12.6. The molecule has 2 rings (SSSR count). The maximum Gasteiger partial charge on any atom is 0.324 e. The van der Waals surface area contributed by atoms with Crippen molar-refractivity contribution >= 4 is 17.7 Å². The number of carbonyl (C=O) groups excluding carboxylic acids is 1. The van der Waals surface area contributed by atoms with Gasteiger partial charge in [0, 0.05) is 25.3 Å². The van der Waals surface area contributed by atoms with Crippen LogP contribution in [0.5, 0.6) is 0 Å². The van der Waals surface area contributed by atoms with Crippen LogP contribution in [-0.2, 0) is 4.79 Å². The van der Waals surface area contributed by atoms with Crippen molar-refractivity contribution in [2.45, 2.75) is 26.7 Å². The number of benzene rings is 1. The summed E-state index contributed by atoms with van der Waals surface area (Å²) in [4.78, 5) is 26.9. The number of hydrogen-bond donors (Lipinski definition) is 1. The van der Waals surface area contributed by atoms with Crippen molar-refractivity contribution < 1.29 is 14.7 Å². The summed E-state index contributed by atoms with van der Waals surface area (Å²) in [6.07, 6.45) is 0.954. The van der Waals surface area contributed by atoms with Gasteiger partial charge in [0.1, 0.15) is 0 Å². The van der Waals surface area contributed by atoms with E-state index in [1.807, 2.05) is 36.1 Å². The topological polar surface area (TPSA) is 60.9 Å². The summed E-state index contributed by atoms with van der Waals surface area (Å²) in [5.41, 5.74) is 1.87. The van der Waals surface area contributed by atoms with E-state index in [0.717, 1.165) is 30.8 Å². The van der Waals surface area contributed by atoms with Crippen molar-refractivity contribution in [3.8, 4) is 0 Å². The van der Waals surface area contributed by atoms with Crippen LogP contribution in [0.1, 0.15) is 25.3 Å². The number of hydrogen-bond acceptors (Lipinski definition) is 2. The van der Waals surface area contributed by atoms with Crippen molar-refractivity contribution in [2.75, 3.05) is 24.5 Å². The van der Waals surface area contributed by atoms with Crippen LogP contribution in [0.4, 0.5) is 10.5 Å². The third kappa shape index (κ3) is 3.97. The molecule has 1 aliphatic heterocycles. The highest BCUT2D eigenvalue weighted by atomic mass is 16.4. The Morgan fingerprint density at radius 1 is 1.33 bits per heavy atom. The number of anilines is 1. The number of nitrogens with zero attached hydrogens (tertiary/aromatic N) is 2.